The van der Waals surface area contributed by atoms with Gasteiger partial charge in [0, 0.05) is 20.6 Å². The molecule has 11 heavy (non-hydrogen) atoms. The molecule has 0 aromatic rings. The van der Waals surface area contributed by atoms with Crippen molar-refractivity contribution in [3.8, 4) is 0 Å². The third kappa shape index (κ3) is 18.5. The molecule has 2 atom stereocenters. The SMILES string of the molecule is CP(=O)([O-])CP(C)(=O)[O-].[Zn+2].[Zn+2]. The van der Waals surface area contributed by atoms with Gasteiger partial charge in [-0.15, -0.1) is 0 Å². The van der Waals surface area contributed by atoms with E-state index in [0.29, 0.717) is 0 Å². The molecule has 0 aliphatic carbocycles. The predicted octanol–water partition coefficient (Wildman–Crippen LogP) is -0.525. The summed E-state index contributed by atoms with van der Waals surface area (Å²) in [6.45, 7) is 1.84. The van der Waals surface area contributed by atoms with Crippen molar-refractivity contribution >= 4 is 14.7 Å². The molecule has 0 aliphatic heterocycles. The molecule has 8 heteroatoms. The van der Waals surface area contributed by atoms with Crippen LogP contribution in [0.4, 0.5) is 0 Å². The van der Waals surface area contributed by atoms with Crippen LogP contribution in [0.25, 0.3) is 0 Å². The monoisotopic (exact) mass is 298 g/mol. The average Bonchev–Trinajstić information content (AvgIpc) is 1.14. The number of hydrogen-bond donors (Lipinski definition) is 0. The maximum atomic E-state index is 10.3. The first-order chi connectivity index (χ1) is 3.71. The molecule has 0 rings (SSSR count). The summed E-state index contributed by atoms with van der Waals surface area (Å²) in [6, 6.07) is 0. The van der Waals surface area contributed by atoms with E-state index in [2.05, 4.69) is 0 Å². The van der Waals surface area contributed by atoms with E-state index in [4.69, 9.17) is 0 Å². The van der Waals surface area contributed by atoms with Crippen LogP contribution in [0.3, 0.4) is 0 Å². The fraction of sp³-hybridized carbons (Fsp3) is 1.00. The third-order valence-corrected chi connectivity index (χ3v) is 4.62. The van der Waals surface area contributed by atoms with Crippen LogP contribution < -0.4 is 9.79 Å². The van der Waals surface area contributed by atoms with Gasteiger partial charge < -0.3 is 18.9 Å². The minimum absolute atomic E-state index is 0. The summed E-state index contributed by atoms with van der Waals surface area (Å²) in [6.07, 6.45) is 0. The van der Waals surface area contributed by atoms with Gasteiger partial charge in [0.15, 0.2) is 0 Å². The van der Waals surface area contributed by atoms with Gasteiger partial charge in [-0.05, 0) is 13.3 Å². The smallest absolute Gasteiger partial charge is 0.799 e. The van der Waals surface area contributed by atoms with Gasteiger partial charge in [0.25, 0.3) is 0 Å². The summed E-state index contributed by atoms with van der Waals surface area (Å²) in [7, 11) is -7.23. The van der Waals surface area contributed by atoms with Crippen molar-refractivity contribution in [3.05, 3.63) is 0 Å². The molecule has 0 bridgehead atoms. The van der Waals surface area contributed by atoms with Crippen molar-refractivity contribution in [2.45, 2.75) is 0 Å². The molecule has 0 fully saturated rings. The van der Waals surface area contributed by atoms with Crippen molar-refractivity contribution in [2.75, 3.05) is 19.2 Å². The van der Waals surface area contributed by atoms with Gasteiger partial charge in [0.1, 0.15) is 0 Å². The Balaban J connectivity index is -0.000000320. The minimum Gasteiger partial charge on any atom is -0.799 e. The molecule has 0 aliphatic rings. The Hall–Kier alpha value is 1.63. The van der Waals surface area contributed by atoms with E-state index >= 15 is 0 Å². The van der Waals surface area contributed by atoms with Crippen molar-refractivity contribution in [3.63, 3.8) is 0 Å². The first-order valence-electron chi connectivity index (χ1n) is 2.26. The van der Waals surface area contributed by atoms with Crippen molar-refractivity contribution in [1.82, 2.24) is 0 Å². The molecule has 0 heterocycles. The molecular weight excluding hydrogens is 293 g/mol. The zero-order valence-electron chi connectivity index (χ0n) is 6.65. The van der Waals surface area contributed by atoms with Crippen LogP contribution >= 0.6 is 14.7 Å². The second kappa shape index (κ2) is 6.14. The second-order valence-corrected chi connectivity index (χ2v) is 7.36. The summed E-state index contributed by atoms with van der Waals surface area (Å²) in [5.41, 5.74) is 0. The second-order valence-electron chi connectivity index (χ2n) is 2.17. The van der Waals surface area contributed by atoms with Crippen molar-refractivity contribution in [1.29, 1.82) is 0 Å². The third-order valence-electron chi connectivity index (χ3n) is 0.514. The summed E-state index contributed by atoms with van der Waals surface area (Å²) in [4.78, 5) is 20.6. The number of rotatable bonds is 2. The first-order valence-corrected chi connectivity index (χ1v) is 6.77. The molecular formula is C3H8O4P2Zn2+2. The van der Waals surface area contributed by atoms with E-state index < -0.39 is 20.6 Å². The molecule has 4 nitrogen and oxygen atoms in total. The van der Waals surface area contributed by atoms with Gasteiger partial charge in [0.05, 0.1) is 0 Å². The molecule has 0 N–H and O–H groups in total. The standard InChI is InChI=1S/C3H10O4P2.2Zn/c1-8(4,5)3-9(2,6)7;;/h3H2,1-2H3,(H,4,5)(H,6,7);;/q;2*+2/p-2. The maximum absolute atomic E-state index is 10.3. The van der Waals surface area contributed by atoms with Crippen LogP contribution in [0.15, 0.2) is 0 Å². The molecule has 0 saturated carbocycles. The van der Waals surface area contributed by atoms with Gasteiger partial charge >= 0.3 is 39.0 Å². The minimum atomic E-state index is -3.61. The summed E-state index contributed by atoms with van der Waals surface area (Å²) in [5.74, 6) is -0.708. The Morgan fingerprint density at radius 2 is 1.18 bits per heavy atom. The molecule has 0 aromatic heterocycles. The Bertz CT molecular complexity index is 162. The van der Waals surface area contributed by atoms with Crippen LogP contribution in [0, 0.1) is 0 Å². The molecule has 0 amide bonds. The van der Waals surface area contributed by atoms with Gasteiger partial charge in [-0.2, -0.15) is 0 Å². The molecule has 0 aromatic carbocycles. The van der Waals surface area contributed by atoms with E-state index in [1.807, 2.05) is 0 Å². The largest absolute Gasteiger partial charge is 2.00 e. The normalized spacial score (nSPS) is 20.0. The summed E-state index contributed by atoms with van der Waals surface area (Å²) in [5, 5.41) is 0. The van der Waals surface area contributed by atoms with Crippen LogP contribution in [0.1, 0.15) is 0 Å². The quantitative estimate of drug-likeness (QED) is 0.507. The Kier molecular flexibility index (Phi) is 10.3. The molecule has 0 radical (unpaired) electrons. The number of hydrogen-bond acceptors (Lipinski definition) is 4. The topological polar surface area (TPSA) is 80.3 Å². The van der Waals surface area contributed by atoms with E-state index in [9.17, 15) is 18.9 Å². The van der Waals surface area contributed by atoms with Crippen molar-refractivity contribution in [2.24, 2.45) is 0 Å². The van der Waals surface area contributed by atoms with E-state index in [0.717, 1.165) is 13.3 Å². The van der Waals surface area contributed by atoms with E-state index in [1.165, 1.54) is 0 Å². The zero-order valence-corrected chi connectivity index (χ0v) is 14.4. The predicted molar refractivity (Wildman–Crippen MR) is 31.9 cm³/mol. The van der Waals surface area contributed by atoms with Gasteiger partial charge in [-0.3, -0.25) is 0 Å². The van der Waals surface area contributed by atoms with E-state index in [-0.39, 0.29) is 39.0 Å². The summed E-state index contributed by atoms with van der Waals surface area (Å²) >= 11 is 0. The van der Waals surface area contributed by atoms with Crippen molar-refractivity contribution < 1.29 is 57.9 Å². The first kappa shape index (κ1) is 18.4. The molecule has 56 valence electrons. The Morgan fingerprint density at radius 1 is 1.00 bits per heavy atom. The maximum Gasteiger partial charge on any atom is 2.00 e. The fourth-order valence-corrected chi connectivity index (χ4v) is 4.20. The van der Waals surface area contributed by atoms with Gasteiger partial charge in [-0.25, -0.2) is 0 Å². The Labute approximate surface area is 91.6 Å². The van der Waals surface area contributed by atoms with Gasteiger partial charge in [0.2, 0.25) is 0 Å². The van der Waals surface area contributed by atoms with E-state index in [1.54, 1.807) is 0 Å². The van der Waals surface area contributed by atoms with Crippen LogP contribution in [0.5, 0.6) is 0 Å². The zero-order chi connectivity index (χ0) is 7.71. The average molecular weight is 301 g/mol. The Morgan fingerprint density at radius 3 is 1.18 bits per heavy atom. The molecule has 0 saturated heterocycles. The van der Waals surface area contributed by atoms with Gasteiger partial charge in [-0.1, -0.05) is 0 Å². The summed E-state index contributed by atoms with van der Waals surface area (Å²) < 4.78 is 20.6. The van der Waals surface area contributed by atoms with Crippen LogP contribution in [-0.4, -0.2) is 19.2 Å². The fourth-order valence-electron chi connectivity index (χ4n) is 0.467. The van der Waals surface area contributed by atoms with Crippen LogP contribution in [0.2, 0.25) is 0 Å². The van der Waals surface area contributed by atoms with Crippen LogP contribution in [-0.2, 0) is 48.1 Å². The molecule has 2 unspecified atom stereocenters. The molecule has 0 spiro atoms.